The highest BCUT2D eigenvalue weighted by molar-refractivity contribution is 7.18. The van der Waals surface area contributed by atoms with E-state index in [1.54, 1.807) is 16.2 Å². The zero-order valence-corrected chi connectivity index (χ0v) is 17.7. The first kappa shape index (κ1) is 20.3. The van der Waals surface area contributed by atoms with Crippen LogP contribution in [-0.4, -0.2) is 84.5 Å². The van der Waals surface area contributed by atoms with E-state index in [4.69, 9.17) is 4.74 Å². The molecule has 156 valence electrons. The number of carbonyl (C=O) groups is 2. The Morgan fingerprint density at radius 1 is 1.28 bits per heavy atom. The summed E-state index contributed by atoms with van der Waals surface area (Å²) in [6, 6.07) is 8.03. The van der Waals surface area contributed by atoms with E-state index in [1.807, 2.05) is 30.1 Å². The topological polar surface area (TPSA) is 66.0 Å². The van der Waals surface area contributed by atoms with E-state index in [-0.39, 0.29) is 17.7 Å². The number of fused-ring (bicyclic) bond motifs is 1. The molecular formula is C21H28N4O3S. The van der Waals surface area contributed by atoms with Crippen LogP contribution in [0.4, 0.5) is 0 Å². The van der Waals surface area contributed by atoms with Crippen molar-refractivity contribution >= 4 is 33.4 Å². The zero-order chi connectivity index (χ0) is 20.2. The van der Waals surface area contributed by atoms with Crippen molar-refractivity contribution in [2.45, 2.75) is 19.4 Å². The number of rotatable bonds is 6. The quantitative estimate of drug-likeness (QED) is 0.719. The third-order valence-corrected chi connectivity index (χ3v) is 6.75. The van der Waals surface area contributed by atoms with Gasteiger partial charge in [-0.05, 0) is 18.6 Å². The smallest absolute Gasteiger partial charge is 0.227 e. The molecule has 2 fully saturated rings. The van der Waals surface area contributed by atoms with Crippen molar-refractivity contribution in [3.8, 4) is 0 Å². The molecular weight excluding hydrogens is 388 g/mol. The summed E-state index contributed by atoms with van der Waals surface area (Å²) in [5.74, 6) is 0.140. The lowest BCUT2D eigenvalue weighted by atomic mass is 9.96. The Morgan fingerprint density at radius 3 is 2.86 bits per heavy atom. The minimum atomic E-state index is -0.128. The number of para-hydroxylation sites is 1. The van der Waals surface area contributed by atoms with Crippen LogP contribution in [0.15, 0.2) is 24.3 Å². The molecule has 3 heterocycles. The number of ether oxygens (including phenoxy) is 1. The Hall–Kier alpha value is -2.03. The number of piperidine rings is 1. The van der Waals surface area contributed by atoms with Gasteiger partial charge in [0.25, 0.3) is 0 Å². The molecule has 2 aliphatic rings. The third-order valence-electron chi connectivity index (χ3n) is 5.73. The third kappa shape index (κ3) is 4.94. The normalized spacial score (nSPS) is 20.9. The highest BCUT2D eigenvalue weighted by Gasteiger charge is 2.32. The van der Waals surface area contributed by atoms with Crippen LogP contribution >= 0.6 is 11.3 Å². The highest BCUT2D eigenvalue weighted by atomic mass is 32.1. The number of thiazole rings is 1. The predicted molar refractivity (Wildman–Crippen MR) is 113 cm³/mol. The lowest BCUT2D eigenvalue weighted by Crippen LogP contribution is -2.49. The molecule has 7 nitrogen and oxygen atoms in total. The molecule has 2 aliphatic heterocycles. The van der Waals surface area contributed by atoms with Crippen LogP contribution < -0.4 is 0 Å². The maximum Gasteiger partial charge on any atom is 0.227 e. The van der Waals surface area contributed by atoms with Gasteiger partial charge in [0, 0.05) is 46.2 Å². The Balaban J connectivity index is 1.32. The molecule has 0 aliphatic carbocycles. The van der Waals surface area contributed by atoms with Crippen LogP contribution in [0, 0.1) is 5.92 Å². The van der Waals surface area contributed by atoms with Gasteiger partial charge >= 0.3 is 0 Å². The Morgan fingerprint density at radius 2 is 2.07 bits per heavy atom. The minimum Gasteiger partial charge on any atom is -0.379 e. The minimum absolute atomic E-state index is 0.105. The van der Waals surface area contributed by atoms with Gasteiger partial charge in [0.05, 0.1) is 35.9 Å². The maximum atomic E-state index is 13.0. The first-order valence-corrected chi connectivity index (χ1v) is 11.1. The fraction of sp³-hybridized carbons (Fsp3) is 0.571. The molecule has 4 rings (SSSR count). The summed E-state index contributed by atoms with van der Waals surface area (Å²) in [7, 11) is 1.84. The number of hydrogen-bond acceptors (Lipinski definition) is 6. The van der Waals surface area contributed by atoms with Crippen molar-refractivity contribution in [1.29, 1.82) is 0 Å². The molecule has 0 saturated carbocycles. The summed E-state index contributed by atoms with van der Waals surface area (Å²) in [5.41, 5.74) is 0.978. The van der Waals surface area contributed by atoms with Crippen molar-refractivity contribution < 1.29 is 14.3 Å². The number of morpholine rings is 1. The molecule has 1 aromatic carbocycles. The first-order chi connectivity index (χ1) is 14.1. The molecule has 1 atom stereocenters. The van der Waals surface area contributed by atoms with Crippen LogP contribution in [0.2, 0.25) is 0 Å². The first-order valence-electron chi connectivity index (χ1n) is 10.3. The van der Waals surface area contributed by atoms with Gasteiger partial charge in [-0.15, -0.1) is 11.3 Å². The summed E-state index contributed by atoms with van der Waals surface area (Å²) in [6.45, 7) is 5.90. The standard InChI is InChI=1S/C21H28N4O3S/c1-23(15-19-22-17-4-2-3-5-18(17)29-19)21(27)16-6-7-20(26)25(14-16)9-8-24-10-12-28-13-11-24/h2-5,16H,6-15H2,1H3/t16-/m1/s1. The van der Waals surface area contributed by atoms with Crippen molar-refractivity contribution in [2.75, 3.05) is 53.0 Å². The fourth-order valence-corrected chi connectivity index (χ4v) is 5.02. The molecule has 29 heavy (non-hydrogen) atoms. The summed E-state index contributed by atoms with van der Waals surface area (Å²) in [5, 5.41) is 0.943. The summed E-state index contributed by atoms with van der Waals surface area (Å²) < 4.78 is 6.52. The van der Waals surface area contributed by atoms with Crippen molar-refractivity contribution in [3.63, 3.8) is 0 Å². The van der Waals surface area contributed by atoms with Gasteiger partial charge in [-0.2, -0.15) is 0 Å². The van der Waals surface area contributed by atoms with Gasteiger partial charge < -0.3 is 14.5 Å². The van der Waals surface area contributed by atoms with Gasteiger partial charge in [-0.1, -0.05) is 12.1 Å². The number of hydrogen-bond donors (Lipinski definition) is 0. The molecule has 0 unspecified atom stereocenters. The molecule has 2 amide bonds. The van der Waals surface area contributed by atoms with Crippen molar-refractivity contribution in [3.05, 3.63) is 29.3 Å². The lowest BCUT2D eigenvalue weighted by Gasteiger charge is -2.35. The van der Waals surface area contributed by atoms with E-state index in [2.05, 4.69) is 16.0 Å². The van der Waals surface area contributed by atoms with E-state index < -0.39 is 0 Å². The Labute approximate surface area is 175 Å². The molecule has 0 N–H and O–H groups in total. The van der Waals surface area contributed by atoms with Gasteiger partial charge in [-0.25, -0.2) is 4.98 Å². The maximum absolute atomic E-state index is 13.0. The van der Waals surface area contributed by atoms with Crippen LogP contribution in [0.5, 0.6) is 0 Å². The second-order valence-electron chi connectivity index (χ2n) is 7.80. The van der Waals surface area contributed by atoms with Gasteiger partial charge in [-0.3, -0.25) is 14.5 Å². The second kappa shape index (κ2) is 9.19. The molecule has 0 radical (unpaired) electrons. The Kier molecular flexibility index (Phi) is 6.42. The number of benzene rings is 1. The summed E-state index contributed by atoms with van der Waals surface area (Å²) >= 11 is 1.63. The van der Waals surface area contributed by atoms with E-state index in [0.717, 1.165) is 48.1 Å². The monoisotopic (exact) mass is 416 g/mol. The zero-order valence-electron chi connectivity index (χ0n) is 16.9. The summed E-state index contributed by atoms with van der Waals surface area (Å²) in [6.07, 6.45) is 1.09. The summed E-state index contributed by atoms with van der Waals surface area (Å²) in [4.78, 5) is 35.9. The number of carbonyl (C=O) groups excluding carboxylic acids is 2. The van der Waals surface area contributed by atoms with Crippen LogP contribution in [0.25, 0.3) is 10.2 Å². The van der Waals surface area contributed by atoms with Crippen LogP contribution in [-0.2, 0) is 20.9 Å². The van der Waals surface area contributed by atoms with Gasteiger partial charge in [0.2, 0.25) is 11.8 Å². The van der Waals surface area contributed by atoms with Crippen LogP contribution in [0.3, 0.4) is 0 Å². The fourth-order valence-electron chi connectivity index (χ4n) is 4.00. The van der Waals surface area contributed by atoms with Crippen molar-refractivity contribution in [2.24, 2.45) is 5.92 Å². The number of amides is 2. The van der Waals surface area contributed by atoms with E-state index >= 15 is 0 Å². The second-order valence-corrected chi connectivity index (χ2v) is 8.91. The SMILES string of the molecule is CN(Cc1nc2ccccc2s1)C(=O)[C@@H]1CCC(=O)N(CCN2CCOCC2)C1. The molecule has 2 aromatic rings. The molecule has 8 heteroatoms. The average Bonchev–Trinajstić information content (AvgIpc) is 3.15. The van der Waals surface area contributed by atoms with Gasteiger partial charge in [0.1, 0.15) is 5.01 Å². The van der Waals surface area contributed by atoms with E-state index in [1.165, 1.54) is 0 Å². The lowest BCUT2D eigenvalue weighted by molar-refractivity contribution is -0.142. The number of nitrogens with zero attached hydrogens (tertiary/aromatic N) is 4. The molecule has 0 spiro atoms. The van der Waals surface area contributed by atoms with Crippen molar-refractivity contribution in [1.82, 2.24) is 19.7 Å². The molecule has 1 aromatic heterocycles. The van der Waals surface area contributed by atoms with E-state index in [0.29, 0.717) is 32.5 Å². The molecule has 0 bridgehead atoms. The van der Waals surface area contributed by atoms with E-state index in [9.17, 15) is 9.59 Å². The number of aromatic nitrogens is 1. The highest BCUT2D eigenvalue weighted by Crippen LogP contribution is 2.24. The largest absolute Gasteiger partial charge is 0.379 e. The van der Waals surface area contributed by atoms with Gasteiger partial charge in [0.15, 0.2) is 0 Å². The Bertz CT molecular complexity index is 831. The van der Waals surface area contributed by atoms with Crippen LogP contribution in [0.1, 0.15) is 17.8 Å². The molecule has 2 saturated heterocycles. The number of likely N-dealkylation sites (tertiary alicyclic amines) is 1. The predicted octanol–water partition coefficient (Wildman–Crippen LogP) is 1.83. The average molecular weight is 417 g/mol.